The van der Waals surface area contributed by atoms with Gasteiger partial charge in [-0.25, -0.2) is 0 Å². The molecule has 0 aromatic rings. The van der Waals surface area contributed by atoms with E-state index in [0.29, 0.717) is 13.0 Å². The SMILES string of the molecule is CCCCCCCC/C=C/CCCCCCCCCCCCCC(=O)OCCCCCCCCCCCCCCCCCCCCCCC(C)CC. The summed E-state index contributed by atoms with van der Waals surface area (Å²) in [6.07, 6.45) is 61.9. The van der Waals surface area contributed by atoms with Crippen LogP contribution in [0.3, 0.4) is 0 Å². The van der Waals surface area contributed by atoms with E-state index in [0.717, 1.165) is 18.8 Å². The first-order chi connectivity index (χ1) is 25.7. The summed E-state index contributed by atoms with van der Waals surface area (Å²) in [7, 11) is 0. The van der Waals surface area contributed by atoms with Gasteiger partial charge in [0.25, 0.3) is 0 Å². The van der Waals surface area contributed by atoms with Crippen molar-refractivity contribution in [2.45, 2.75) is 290 Å². The van der Waals surface area contributed by atoms with Gasteiger partial charge in [-0.15, -0.1) is 0 Å². The number of carbonyl (C=O) groups is 1. The fourth-order valence-corrected chi connectivity index (χ4v) is 7.64. The molecule has 0 aliphatic carbocycles. The summed E-state index contributed by atoms with van der Waals surface area (Å²) in [5.41, 5.74) is 0. The molecule has 1 atom stereocenters. The highest BCUT2D eigenvalue weighted by Crippen LogP contribution is 2.18. The van der Waals surface area contributed by atoms with Gasteiger partial charge in [-0.3, -0.25) is 4.79 Å². The number of hydrogen-bond acceptors (Lipinski definition) is 2. The second kappa shape index (κ2) is 46.4. The second-order valence-electron chi connectivity index (χ2n) is 17.0. The van der Waals surface area contributed by atoms with Crippen LogP contribution in [-0.2, 0) is 9.53 Å². The first kappa shape index (κ1) is 51.2. The van der Waals surface area contributed by atoms with E-state index < -0.39 is 0 Å². The summed E-state index contributed by atoms with van der Waals surface area (Å²) < 4.78 is 5.49. The van der Waals surface area contributed by atoms with Crippen molar-refractivity contribution in [3.05, 3.63) is 12.2 Å². The molecule has 0 N–H and O–H groups in total. The van der Waals surface area contributed by atoms with E-state index in [4.69, 9.17) is 4.74 Å². The third-order valence-electron chi connectivity index (χ3n) is 11.7. The minimum absolute atomic E-state index is 0.0295. The number of ether oxygens (including phenoxy) is 1. The predicted octanol–water partition coefficient (Wildman–Crippen LogP) is 18.1. The molecular formula is C50H98O2. The Balaban J connectivity index is 3.17. The van der Waals surface area contributed by atoms with Gasteiger partial charge in [0.05, 0.1) is 6.61 Å². The highest BCUT2D eigenvalue weighted by Gasteiger charge is 2.03. The summed E-state index contributed by atoms with van der Waals surface area (Å²) in [6, 6.07) is 0. The van der Waals surface area contributed by atoms with E-state index in [1.165, 1.54) is 250 Å². The molecule has 0 heterocycles. The maximum absolute atomic E-state index is 12.0. The number of hydrogen-bond donors (Lipinski definition) is 0. The molecule has 1 unspecified atom stereocenters. The van der Waals surface area contributed by atoms with Crippen LogP contribution in [0.2, 0.25) is 0 Å². The lowest BCUT2D eigenvalue weighted by Gasteiger charge is -2.07. The van der Waals surface area contributed by atoms with Crippen molar-refractivity contribution in [3.8, 4) is 0 Å². The molecule has 0 saturated carbocycles. The van der Waals surface area contributed by atoms with Crippen LogP contribution in [0.15, 0.2) is 12.2 Å². The summed E-state index contributed by atoms with van der Waals surface area (Å²) in [4.78, 5) is 12.0. The Morgan fingerprint density at radius 3 is 1.08 bits per heavy atom. The van der Waals surface area contributed by atoms with E-state index in [2.05, 4.69) is 32.9 Å². The Kier molecular flexibility index (Phi) is 45.7. The highest BCUT2D eigenvalue weighted by molar-refractivity contribution is 5.69. The fourth-order valence-electron chi connectivity index (χ4n) is 7.64. The quantitative estimate of drug-likeness (QED) is 0.0354. The minimum Gasteiger partial charge on any atom is -0.466 e. The van der Waals surface area contributed by atoms with E-state index in [1.807, 2.05) is 0 Å². The zero-order valence-electron chi connectivity index (χ0n) is 36.5. The van der Waals surface area contributed by atoms with Gasteiger partial charge in [0.1, 0.15) is 0 Å². The summed E-state index contributed by atoms with van der Waals surface area (Å²) in [5, 5.41) is 0. The van der Waals surface area contributed by atoms with Gasteiger partial charge in [-0.2, -0.15) is 0 Å². The molecule has 0 aliphatic rings. The van der Waals surface area contributed by atoms with E-state index in [1.54, 1.807) is 0 Å². The zero-order chi connectivity index (χ0) is 37.7. The van der Waals surface area contributed by atoms with Gasteiger partial charge in [0.15, 0.2) is 0 Å². The van der Waals surface area contributed by atoms with E-state index in [9.17, 15) is 4.79 Å². The van der Waals surface area contributed by atoms with Crippen molar-refractivity contribution in [2.75, 3.05) is 6.61 Å². The van der Waals surface area contributed by atoms with Crippen LogP contribution in [-0.4, -0.2) is 12.6 Å². The van der Waals surface area contributed by atoms with Crippen molar-refractivity contribution in [3.63, 3.8) is 0 Å². The Hall–Kier alpha value is -0.790. The van der Waals surface area contributed by atoms with Crippen LogP contribution in [0, 0.1) is 5.92 Å². The lowest BCUT2D eigenvalue weighted by molar-refractivity contribution is -0.143. The Morgan fingerprint density at radius 1 is 0.404 bits per heavy atom. The number of esters is 1. The zero-order valence-corrected chi connectivity index (χ0v) is 36.5. The van der Waals surface area contributed by atoms with Crippen molar-refractivity contribution in [1.29, 1.82) is 0 Å². The Labute approximate surface area is 329 Å². The highest BCUT2D eigenvalue weighted by atomic mass is 16.5. The van der Waals surface area contributed by atoms with Crippen LogP contribution in [0.5, 0.6) is 0 Å². The molecule has 0 aromatic carbocycles. The Morgan fingerprint density at radius 2 is 0.712 bits per heavy atom. The van der Waals surface area contributed by atoms with Gasteiger partial charge in [0, 0.05) is 6.42 Å². The molecule has 52 heavy (non-hydrogen) atoms. The second-order valence-corrected chi connectivity index (χ2v) is 17.0. The predicted molar refractivity (Wildman–Crippen MR) is 235 cm³/mol. The lowest BCUT2D eigenvalue weighted by Crippen LogP contribution is -2.05. The van der Waals surface area contributed by atoms with Crippen LogP contribution in [0.1, 0.15) is 290 Å². The fraction of sp³-hybridized carbons (Fsp3) is 0.940. The average Bonchev–Trinajstić information content (AvgIpc) is 3.15. The third-order valence-corrected chi connectivity index (χ3v) is 11.7. The van der Waals surface area contributed by atoms with Crippen LogP contribution < -0.4 is 0 Å². The maximum atomic E-state index is 12.0. The van der Waals surface area contributed by atoms with Crippen LogP contribution in [0.4, 0.5) is 0 Å². The van der Waals surface area contributed by atoms with Crippen LogP contribution in [0.25, 0.3) is 0 Å². The van der Waals surface area contributed by atoms with Gasteiger partial charge in [-0.05, 0) is 44.4 Å². The smallest absolute Gasteiger partial charge is 0.305 e. The number of allylic oxidation sites excluding steroid dienone is 2. The lowest BCUT2D eigenvalue weighted by atomic mass is 9.99. The summed E-state index contributed by atoms with van der Waals surface area (Å²) in [6.45, 7) is 7.64. The van der Waals surface area contributed by atoms with Gasteiger partial charge < -0.3 is 4.74 Å². The first-order valence-electron chi connectivity index (χ1n) is 24.5. The normalized spacial score (nSPS) is 12.3. The number of unbranched alkanes of at least 4 members (excludes halogenated alkanes) is 36. The third kappa shape index (κ3) is 45.4. The molecule has 0 fully saturated rings. The molecule has 0 spiro atoms. The molecule has 0 rings (SSSR count). The van der Waals surface area contributed by atoms with Crippen molar-refractivity contribution in [2.24, 2.45) is 5.92 Å². The molecular weight excluding hydrogens is 633 g/mol. The van der Waals surface area contributed by atoms with Crippen molar-refractivity contribution < 1.29 is 9.53 Å². The molecule has 2 nitrogen and oxygen atoms in total. The maximum Gasteiger partial charge on any atom is 0.305 e. The molecule has 0 saturated heterocycles. The van der Waals surface area contributed by atoms with E-state index in [-0.39, 0.29) is 5.97 Å². The first-order valence-corrected chi connectivity index (χ1v) is 24.5. The molecule has 0 aliphatic heterocycles. The molecule has 2 heteroatoms. The van der Waals surface area contributed by atoms with E-state index >= 15 is 0 Å². The molecule has 0 radical (unpaired) electrons. The number of carbonyl (C=O) groups excluding carboxylic acids is 1. The number of rotatable bonds is 45. The van der Waals surface area contributed by atoms with Crippen LogP contribution >= 0.6 is 0 Å². The topological polar surface area (TPSA) is 26.3 Å². The molecule has 0 amide bonds. The van der Waals surface area contributed by atoms with Gasteiger partial charge in [0.2, 0.25) is 0 Å². The van der Waals surface area contributed by atoms with Gasteiger partial charge in [-0.1, -0.05) is 258 Å². The monoisotopic (exact) mass is 731 g/mol. The largest absolute Gasteiger partial charge is 0.466 e. The molecule has 0 aromatic heterocycles. The summed E-state index contributed by atoms with van der Waals surface area (Å²) in [5.74, 6) is 0.963. The molecule has 310 valence electrons. The summed E-state index contributed by atoms with van der Waals surface area (Å²) >= 11 is 0. The van der Waals surface area contributed by atoms with Crippen molar-refractivity contribution in [1.82, 2.24) is 0 Å². The Bertz CT molecular complexity index is 684. The van der Waals surface area contributed by atoms with Crippen molar-refractivity contribution >= 4 is 5.97 Å². The average molecular weight is 731 g/mol. The minimum atomic E-state index is 0.0295. The van der Waals surface area contributed by atoms with Gasteiger partial charge >= 0.3 is 5.97 Å². The molecule has 0 bridgehead atoms. The standard InChI is InChI=1S/C50H98O2/c1-4-6-7-8-9-10-11-12-13-14-15-16-20-23-26-29-32-35-38-41-44-47-50(51)52-48-45-42-39-36-33-30-27-24-21-18-17-19-22-25-28-31-34-37-40-43-46-49(3)5-2/h12-13,49H,4-11,14-48H2,1-3H3/b13-12+.